The number of para-hydroxylation sites is 1. The summed E-state index contributed by atoms with van der Waals surface area (Å²) in [6.45, 7) is 2.33. The number of hydrogen-bond acceptors (Lipinski definition) is 5. The van der Waals surface area contributed by atoms with Crippen LogP contribution in [0.15, 0.2) is 18.2 Å². The van der Waals surface area contributed by atoms with E-state index in [0.717, 1.165) is 0 Å². The van der Waals surface area contributed by atoms with Gasteiger partial charge in [0.25, 0.3) is 0 Å². The Morgan fingerprint density at radius 2 is 2.00 bits per heavy atom. The first kappa shape index (κ1) is 17.2. The van der Waals surface area contributed by atoms with Crippen LogP contribution in [-0.2, 0) is 16.1 Å². The summed E-state index contributed by atoms with van der Waals surface area (Å²) in [5.74, 6) is 0.389. The Labute approximate surface area is 124 Å². The normalized spacial score (nSPS) is 14.1. The average Bonchev–Trinajstić information content (AvgIpc) is 2.43. The van der Waals surface area contributed by atoms with E-state index in [1.54, 1.807) is 25.3 Å². The Bertz CT molecular complexity index is 399. The molecule has 1 rings (SSSR count). The van der Waals surface area contributed by atoms with E-state index < -0.39 is 6.10 Å². The topological polar surface area (TPSA) is 68.2 Å². The van der Waals surface area contributed by atoms with Gasteiger partial charge >= 0.3 is 0 Å². The van der Waals surface area contributed by atoms with Crippen LogP contribution < -0.4 is 4.74 Å². The maximum Gasteiger partial charge on any atom is 0.143 e. The van der Waals surface area contributed by atoms with Crippen molar-refractivity contribution in [1.82, 2.24) is 0 Å². The maximum atomic E-state index is 9.79. The molecule has 114 valence electrons. The molecule has 0 aliphatic rings. The minimum absolute atomic E-state index is 0.0381. The van der Waals surface area contributed by atoms with E-state index in [4.69, 9.17) is 25.8 Å². The van der Waals surface area contributed by atoms with Crippen molar-refractivity contribution in [2.75, 3.05) is 26.9 Å². The molecule has 0 spiro atoms. The second-order valence-corrected chi connectivity index (χ2v) is 4.86. The fraction of sp³-hybridized carbons (Fsp3) is 0.571. The van der Waals surface area contributed by atoms with Crippen molar-refractivity contribution in [1.29, 1.82) is 0 Å². The molecule has 0 aliphatic heterocycles. The van der Waals surface area contributed by atoms with Crippen LogP contribution in [0.25, 0.3) is 0 Å². The first-order valence-corrected chi connectivity index (χ1v) is 6.76. The molecule has 0 heterocycles. The SMILES string of the molecule is COCC(C)OCC(O)COc1c(Cl)cccc1CO. The summed E-state index contributed by atoms with van der Waals surface area (Å²) in [5, 5.41) is 19.4. The van der Waals surface area contributed by atoms with Crippen molar-refractivity contribution in [3.8, 4) is 5.75 Å². The third-order valence-corrected chi connectivity index (χ3v) is 2.91. The number of aliphatic hydroxyl groups excluding tert-OH is 2. The van der Waals surface area contributed by atoms with Gasteiger partial charge in [-0.25, -0.2) is 0 Å². The maximum absolute atomic E-state index is 9.79. The Morgan fingerprint density at radius 3 is 2.65 bits per heavy atom. The van der Waals surface area contributed by atoms with Gasteiger partial charge in [0.05, 0.1) is 30.9 Å². The summed E-state index contributed by atoms with van der Waals surface area (Å²) in [5.41, 5.74) is 0.582. The molecule has 0 saturated heterocycles. The van der Waals surface area contributed by atoms with Crippen LogP contribution >= 0.6 is 11.6 Å². The Kier molecular flexibility index (Phi) is 7.87. The number of aliphatic hydroxyl groups is 2. The van der Waals surface area contributed by atoms with Crippen molar-refractivity contribution in [3.05, 3.63) is 28.8 Å². The molecule has 0 saturated carbocycles. The third kappa shape index (κ3) is 5.64. The van der Waals surface area contributed by atoms with Crippen LogP contribution in [0.1, 0.15) is 12.5 Å². The van der Waals surface area contributed by atoms with Crippen molar-refractivity contribution >= 4 is 11.6 Å². The highest BCUT2D eigenvalue weighted by Crippen LogP contribution is 2.28. The van der Waals surface area contributed by atoms with Crippen molar-refractivity contribution in [2.24, 2.45) is 0 Å². The number of methoxy groups -OCH3 is 1. The van der Waals surface area contributed by atoms with Gasteiger partial charge in [-0.3, -0.25) is 0 Å². The summed E-state index contributed by atoms with van der Waals surface area (Å²) in [6, 6.07) is 5.11. The van der Waals surface area contributed by atoms with Gasteiger partial charge in [-0.2, -0.15) is 0 Å². The van der Waals surface area contributed by atoms with Gasteiger partial charge in [-0.15, -0.1) is 0 Å². The molecule has 1 aromatic carbocycles. The summed E-state index contributed by atoms with van der Waals surface area (Å²) in [6.07, 6.45) is -0.875. The lowest BCUT2D eigenvalue weighted by molar-refractivity contribution is -0.0424. The molecule has 0 amide bonds. The monoisotopic (exact) mass is 304 g/mol. The molecule has 5 nitrogen and oxygen atoms in total. The van der Waals surface area contributed by atoms with Crippen LogP contribution in [0.4, 0.5) is 0 Å². The van der Waals surface area contributed by atoms with Crippen LogP contribution in [0.5, 0.6) is 5.75 Å². The van der Waals surface area contributed by atoms with Gasteiger partial charge in [-0.1, -0.05) is 23.7 Å². The van der Waals surface area contributed by atoms with Gasteiger partial charge in [-0.05, 0) is 13.0 Å². The largest absolute Gasteiger partial charge is 0.489 e. The van der Waals surface area contributed by atoms with Crippen LogP contribution in [-0.4, -0.2) is 49.4 Å². The van der Waals surface area contributed by atoms with Crippen LogP contribution in [0.3, 0.4) is 0 Å². The predicted molar refractivity (Wildman–Crippen MR) is 76.2 cm³/mol. The Morgan fingerprint density at radius 1 is 1.25 bits per heavy atom. The van der Waals surface area contributed by atoms with Crippen LogP contribution in [0.2, 0.25) is 5.02 Å². The van der Waals surface area contributed by atoms with Gasteiger partial charge in [0.15, 0.2) is 0 Å². The van der Waals surface area contributed by atoms with Gasteiger partial charge < -0.3 is 24.4 Å². The summed E-state index contributed by atoms with van der Waals surface area (Å²) in [4.78, 5) is 0. The van der Waals surface area contributed by atoms with E-state index in [0.29, 0.717) is 22.9 Å². The molecule has 1 aromatic rings. The Balaban J connectivity index is 2.43. The number of ether oxygens (including phenoxy) is 3. The van der Waals surface area contributed by atoms with Crippen molar-refractivity contribution < 1.29 is 24.4 Å². The quantitative estimate of drug-likeness (QED) is 0.726. The smallest absolute Gasteiger partial charge is 0.143 e. The molecule has 6 heteroatoms. The van der Waals surface area contributed by atoms with Gasteiger partial charge in [0.1, 0.15) is 18.5 Å². The first-order valence-electron chi connectivity index (χ1n) is 6.38. The lowest BCUT2D eigenvalue weighted by Gasteiger charge is -2.17. The highest BCUT2D eigenvalue weighted by Gasteiger charge is 2.12. The molecule has 0 aliphatic carbocycles. The van der Waals surface area contributed by atoms with Gasteiger partial charge in [0.2, 0.25) is 0 Å². The predicted octanol–water partition coefficient (Wildman–Crippen LogP) is 1.62. The van der Waals surface area contributed by atoms with E-state index in [-0.39, 0.29) is 25.9 Å². The van der Waals surface area contributed by atoms with Crippen LogP contribution in [0, 0.1) is 0 Å². The fourth-order valence-corrected chi connectivity index (χ4v) is 1.87. The highest BCUT2D eigenvalue weighted by atomic mass is 35.5. The van der Waals surface area contributed by atoms with E-state index in [9.17, 15) is 10.2 Å². The highest BCUT2D eigenvalue weighted by molar-refractivity contribution is 6.32. The molecular formula is C14H21ClO5. The molecule has 0 bridgehead atoms. The zero-order valence-electron chi connectivity index (χ0n) is 11.7. The molecule has 0 radical (unpaired) electrons. The first-order chi connectivity index (χ1) is 9.58. The molecular weight excluding hydrogens is 284 g/mol. The fourth-order valence-electron chi connectivity index (χ4n) is 1.63. The standard InChI is InChI=1S/C14H21ClO5/c1-10(7-18-2)19-8-12(17)9-20-14-11(6-16)4-3-5-13(14)15/h3-5,10,12,16-17H,6-9H2,1-2H3. The van der Waals surface area contributed by atoms with Crippen molar-refractivity contribution in [3.63, 3.8) is 0 Å². The number of rotatable bonds is 9. The summed E-state index contributed by atoms with van der Waals surface area (Å²) in [7, 11) is 1.59. The third-order valence-electron chi connectivity index (χ3n) is 2.61. The lowest BCUT2D eigenvalue weighted by atomic mass is 10.2. The minimum atomic E-state index is -0.780. The summed E-state index contributed by atoms with van der Waals surface area (Å²) < 4.78 is 15.8. The number of halogens is 1. The van der Waals surface area contributed by atoms with E-state index >= 15 is 0 Å². The zero-order valence-corrected chi connectivity index (χ0v) is 12.5. The molecule has 2 atom stereocenters. The second kappa shape index (κ2) is 9.15. The molecule has 0 aromatic heterocycles. The lowest BCUT2D eigenvalue weighted by Crippen LogP contribution is -2.27. The minimum Gasteiger partial charge on any atom is -0.489 e. The Hall–Kier alpha value is -0.850. The second-order valence-electron chi connectivity index (χ2n) is 4.45. The average molecular weight is 305 g/mol. The van der Waals surface area contributed by atoms with Crippen molar-refractivity contribution in [2.45, 2.75) is 25.7 Å². The number of hydrogen-bond donors (Lipinski definition) is 2. The molecule has 2 unspecified atom stereocenters. The number of benzene rings is 1. The van der Waals surface area contributed by atoms with E-state index in [1.165, 1.54) is 0 Å². The van der Waals surface area contributed by atoms with E-state index in [1.807, 2.05) is 6.92 Å². The summed E-state index contributed by atoms with van der Waals surface area (Å²) >= 11 is 5.99. The molecule has 0 fully saturated rings. The zero-order chi connectivity index (χ0) is 15.0. The van der Waals surface area contributed by atoms with E-state index in [2.05, 4.69) is 0 Å². The van der Waals surface area contributed by atoms with Gasteiger partial charge in [0, 0.05) is 12.7 Å². The molecule has 20 heavy (non-hydrogen) atoms. The molecule has 2 N–H and O–H groups in total.